The van der Waals surface area contributed by atoms with E-state index < -0.39 is 0 Å². The molecule has 0 atom stereocenters. The summed E-state index contributed by atoms with van der Waals surface area (Å²) < 4.78 is 1.69. The van der Waals surface area contributed by atoms with Crippen molar-refractivity contribution in [3.05, 3.63) is 61.7 Å². The van der Waals surface area contributed by atoms with Gasteiger partial charge in [0.05, 0.1) is 24.5 Å². The fraction of sp³-hybridized carbons (Fsp3) is 0.0833. The molecule has 0 fully saturated rings. The maximum atomic E-state index is 11.9. The number of hydrogen-bond donors (Lipinski definition) is 0. The first-order valence-electron chi connectivity index (χ1n) is 5.01. The third-order valence-corrected chi connectivity index (χ3v) is 3.61. The Hall–Kier alpha value is -1.64. The van der Waals surface area contributed by atoms with E-state index in [1.165, 1.54) is 10.9 Å². The minimum atomic E-state index is -0.237. The van der Waals surface area contributed by atoms with Gasteiger partial charge in [0.25, 0.3) is 5.56 Å². The normalized spacial score (nSPS) is 10.1. The molecule has 0 saturated heterocycles. The van der Waals surface area contributed by atoms with E-state index >= 15 is 0 Å². The van der Waals surface area contributed by atoms with Gasteiger partial charge in [-0.25, -0.2) is 4.98 Å². The molecule has 2 rings (SSSR count). The van der Waals surface area contributed by atoms with Gasteiger partial charge >= 0.3 is 0 Å². The van der Waals surface area contributed by atoms with Gasteiger partial charge < -0.3 is 0 Å². The van der Waals surface area contributed by atoms with Crippen LogP contribution >= 0.6 is 27.5 Å². The van der Waals surface area contributed by atoms with Crippen LogP contribution < -0.4 is 5.56 Å². The van der Waals surface area contributed by atoms with Crippen LogP contribution in [-0.2, 0) is 6.54 Å². The molecule has 0 radical (unpaired) electrons. The summed E-state index contributed by atoms with van der Waals surface area (Å²) in [7, 11) is 0. The molecule has 90 valence electrons. The first-order chi connectivity index (χ1) is 8.61. The maximum absolute atomic E-state index is 11.9. The number of nitriles is 1. The van der Waals surface area contributed by atoms with Crippen LogP contribution in [0.25, 0.3) is 0 Å². The Labute approximate surface area is 117 Å². The molecular weight excluding hydrogens is 318 g/mol. The zero-order valence-electron chi connectivity index (χ0n) is 9.10. The van der Waals surface area contributed by atoms with Gasteiger partial charge in [-0.2, -0.15) is 5.26 Å². The Morgan fingerprint density at radius 2 is 2.06 bits per heavy atom. The standard InChI is InChI=1S/C12H7BrClN3O/c13-10-11(14)16-7-17(12(10)18)6-9-3-1-8(5-15)2-4-9/h1-4,7H,6H2. The molecule has 0 spiro atoms. The first kappa shape index (κ1) is 12.8. The van der Waals surface area contributed by atoms with E-state index in [0.717, 1.165) is 5.56 Å². The van der Waals surface area contributed by atoms with E-state index in [2.05, 4.69) is 20.9 Å². The summed E-state index contributed by atoms with van der Waals surface area (Å²) in [6.07, 6.45) is 1.40. The lowest BCUT2D eigenvalue weighted by molar-refractivity contribution is 0.731. The maximum Gasteiger partial charge on any atom is 0.269 e. The average molecular weight is 325 g/mol. The lowest BCUT2D eigenvalue weighted by Crippen LogP contribution is -2.21. The predicted molar refractivity (Wildman–Crippen MR) is 71.5 cm³/mol. The van der Waals surface area contributed by atoms with Crippen LogP contribution in [-0.4, -0.2) is 9.55 Å². The summed E-state index contributed by atoms with van der Waals surface area (Å²) >= 11 is 8.82. The van der Waals surface area contributed by atoms with E-state index in [-0.39, 0.29) is 15.2 Å². The summed E-state index contributed by atoms with van der Waals surface area (Å²) in [6, 6.07) is 9.05. The van der Waals surface area contributed by atoms with Crippen molar-refractivity contribution in [1.82, 2.24) is 9.55 Å². The van der Waals surface area contributed by atoms with Crippen LogP contribution in [0.1, 0.15) is 11.1 Å². The highest BCUT2D eigenvalue weighted by molar-refractivity contribution is 9.10. The Bertz CT molecular complexity index is 673. The molecule has 0 unspecified atom stereocenters. The molecule has 2 aromatic rings. The molecule has 1 heterocycles. The highest BCUT2D eigenvalue weighted by atomic mass is 79.9. The molecule has 0 aliphatic heterocycles. The van der Waals surface area contributed by atoms with Crippen molar-refractivity contribution in [2.24, 2.45) is 0 Å². The summed E-state index contributed by atoms with van der Waals surface area (Å²) in [5, 5.41) is 8.84. The van der Waals surface area contributed by atoms with Crippen molar-refractivity contribution in [2.45, 2.75) is 6.54 Å². The predicted octanol–water partition coefficient (Wildman–Crippen LogP) is 2.58. The van der Waals surface area contributed by atoms with Gasteiger partial charge in [-0.15, -0.1) is 0 Å². The van der Waals surface area contributed by atoms with Gasteiger partial charge in [0.15, 0.2) is 5.15 Å². The Morgan fingerprint density at radius 3 is 2.67 bits per heavy atom. The fourth-order valence-electron chi connectivity index (χ4n) is 1.44. The number of halogens is 2. The Morgan fingerprint density at radius 1 is 1.39 bits per heavy atom. The molecule has 0 bridgehead atoms. The number of hydrogen-bond acceptors (Lipinski definition) is 3. The van der Waals surface area contributed by atoms with Gasteiger partial charge in [0.1, 0.15) is 4.47 Å². The first-order valence-corrected chi connectivity index (χ1v) is 6.18. The van der Waals surface area contributed by atoms with E-state index in [1.54, 1.807) is 24.3 Å². The minimum absolute atomic E-state index is 0.149. The minimum Gasteiger partial charge on any atom is -0.294 e. The van der Waals surface area contributed by atoms with Crippen LogP contribution in [0.5, 0.6) is 0 Å². The molecule has 4 nitrogen and oxygen atoms in total. The topological polar surface area (TPSA) is 58.7 Å². The van der Waals surface area contributed by atoms with E-state index in [0.29, 0.717) is 12.1 Å². The van der Waals surface area contributed by atoms with Crippen molar-refractivity contribution in [3.63, 3.8) is 0 Å². The van der Waals surface area contributed by atoms with Crippen molar-refractivity contribution in [2.75, 3.05) is 0 Å². The molecule has 18 heavy (non-hydrogen) atoms. The summed E-state index contributed by atoms with van der Waals surface area (Å²) in [5.41, 5.74) is 1.26. The van der Waals surface area contributed by atoms with Crippen molar-refractivity contribution < 1.29 is 0 Å². The van der Waals surface area contributed by atoms with Gasteiger partial charge in [-0.3, -0.25) is 9.36 Å². The van der Waals surface area contributed by atoms with E-state index in [4.69, 9.17) is 16.9 Å². The lowest BCUT2D eigenvalue weighted by atomic mass is 10.1. The third-order valence-electron chi connectivity index (χ3n) is 2.38. The van der Waals surface area contributed by atoms with Crippen LogP contribution in [0.15, 0.2) is 39.9 Å². The van der Waals surface area contributed by atoms with Crippen molar-refractivity contribution in [1.29, 1.82) is 5.26 Å². The zero-order valence-corrected chi connectivity index (χ0v) is 11.4. The van der Waals surface area contributed by atoms with Crippen LogP contribution in [0.4, 0.5) is 0 Å². The molecule has 0 amide bonds. The van der Waals surface area contributed by atoms with Crippen LogP contribution in [0.3, 0.4) is 0 Å². The van der Waals surface area contributed by atoms with Crippen molar-refractivity contribution in [3.8, 4) is 6.07 Å². The second-order valence-electron chi connectivity index (χ2n) is 3.59. The van der Waals surface area contributed by atoms with Gasteiger partial charge in [-0.05, 0) is 33.6 Å². The lowest BCUT2D eigenvalue weighted by Gasteiger charge is -2.06. The number of aromatic nitrogens is 2. The summed E-state index contributed by atoms with van der Waals surface area (Å²) in [5.74, 6) is 0. The third kappa shape index (κ3) is 2.61. The summed E-state index contributed by atoms with van der Waals surface area (Å²) in [4.78, 5) is 15.8. The Balaban J connectivity index is 2.32. The molecule has 0 N–H and O–H groups in total. The van der Waals surface area contributed by atoms with E-state index in [9.17, 15) is 4.79 Å². The molecule has 0 aliphatic rings. The molecule has 0 saturated carbocycles. The molecule has 1 aromatic carbocycles. The smallest absolute Gasteiger partial charge is 0.269 e. The van der Waals surface area contributed by atoms with Gasteiger partial charge in [-0.1, -0.05) is 23.7 Å². The molecule has 6 heteroatoms. The molecule has 1 aromatic heterocycles. The number of benzene rings is 1. The van der Waals surface area contributed by atoms with Crippen LogP contribution in [0, 0.1) is 11.3 Å². The summed E-state index contributed by atoms with van der Waals surface area (Å²) in [6.45, 7) is 0.382. The largest absolute Gasteiger partial charge is 0.294 e. The van der Waals surface area contributed by atoms with E-state index in [1.807, 2.05) is 6.07 Å². The fourth-order valence-corrected chi connectivity index (χ4v) is 1.89. The molecule has 0 aliphatic carbocycles. The second kappa shape index (κ2) is 5.34. The second-order valence-corrected chi connectivity index (χ2v) is 4.74. The zero-order chi connectivity index (χ0) is 13.1. The SMILES string of the molecule is N#Cc1ccc(Cn2cnc(Cl)c(Br)c2=O)cc1. The Kier molecular flexibility index (Phi) is 3.80. The quantitative estimate of drug-likeness (QED) is 0.798. The number of rotatable bonds is 2. The highest BCUT2D eigenvalue weighted by Crippen LogP contribution is 2.14. The van der Waals surface area contributed by atoms with Crippen molar-refractivity contribution >= 4 is 27.5 Å². The van der Waals surface area contributed by atoms with Crippen LogP contribution in [0.2, 0.25) is 5.15 Å². The monoisotopic (exact) mass is 323 g/mol. The molecular formula is C12H7BrClN3O. The van der Waals surface area contributed by atoms with Gasteiger partial charge in [0, 0.05) is 0 Å². The highest BCUT2D eigenvalue weighted by Gasteiger charge is 2.07. The average Bonchev–Trinajstić information content (AvgIpc) is 2.40. The van der Waals surface area contributed by atoms with Gasteiger partial charge in [0.2, 0.25) is 0 Å². The number of nitrogens with zero attached hydrogens (tertiary/aromatic N) is 3.